The highest BCUT2D eigenvalue weighted by Crippen LogP contribution is 2.36. The number of carbonyl (C=O) groups excluding carboxylic acids is 3. The van der Waals surface area contributed by atoms with Crippen molar-refractivity contribution in [2.24, 2.45) is 0 Å². The van der Waals surface area contributed by atoms with E-state index < -0.39 is 0 Å². The Labute approximate surface area is 135 Å². The zero-order valence-corrected chi connectivity index (χ0v) is 13.7. The lowest BCUT2D eigenvalue weighted by atomic mass is 10.0. The number of rotatable bonds is 3. The molecule has 6 heteroatoms. The van der Waals surface area contributed by atoms with Gasteiger partial charge in [-0.05, 0) is 31.0 Å². The van der Waals surface area contributed by atoms with Crippen molar-refractivity contribution in [1.29, 1.82) is 0 Å². The second-order valence-electron chi connectivity index (χ2n) is 6.32. The first kappa shape index (κ1) is 15.5. The third-order valence-electron chi connectivity index (χ3n) is 4.64. The number of hydrogen-bond donors (Lipinski definition) is 0. The molecule has 23 heavy (non-hydrogen) atoms. The van der Waals surface area contributed by atoms with Crippen molar-refractivity contribution in [2.45, 2.75) is 25.8 Å². The van der Waals surface area contributed by atoms with Crippen LogP contribution < -0.4 is 4.90 Å². The molecule has 0 N–H and O–H groups in total. The van der Waals surface area contributed by atoms with Crippen LogP contribution in [0.5, 0.6) is 0 Å². The number of amides is 3. The van der Waals surface area contributed by atoms with Crippen molar-refractivity contribution < 1.29 is 14.4 Å². The summed E-state index contributed by atoms with van der Waals surface area (Å²) >= 11 is 0. The van der Waals surface area contributed by atoms with Gasteiger partial charge in [0.2, 0.25) is 11.8 Å². The Hall–Kier alpha value is -2.37. The Morgan fingerprint density at radius 2 is 2.04 bits per heavy atom. The predicted octanol–water partition coefficient (Wildman–Crippen LogP) is 1.42. The highest BCUT2D eigenvalue weighted by atomic mass is 16.2. The first-order valence-corrected chi connectivity index (χ1v) is 7.85. The third kappa shape index (κ3) is 2.58. The molecule has 2 heterocycles. The van der Waals surface area contributed by atoms with Gasteiger partial charge >= 0.3 is 0 Å². The fourth-order valence-electron chi connectivity index (χ4n) is 3.18. The van der Waals surface area contributed by atoms with Crippen molar-refractivity contribution in [3.63, 3.8) is 0 Å². The smallest absolute Gasteiger partial charge is 0.255 e. The zero-order valence-electron chi connectivity index (χ0n) is 13.7. The molecule has 0 bridgehead atoms. The molecule has 0 saturated carbocycles. The van der Waals surface area contributed by atoms with Crippen LogP contribution >= 0.6 is 0 Å². The molecule has 1 fully saturated rings. The van der Waals surface area contributed by atoms with Gasteiger partial charge in [0, 0.05) is 38.3 Å². The van der Waals surface area contributed by atoms with Crippen LogP contribution in [0.4, 0.5) is 5.69 Å². The quantitative estimate of drug-likeness (QED) is 0.847. The van der Waals surface area contributed by atoms with E-state index in [0.29, 0.717) is 18.5 Å². The molecule has 1 saturated heterocycles. The van der Waals surface area contributed by atoms with Gasteiger partial charge < -0.3 is 14.7 Å². The molecule has 1 atom stereocenters. The number of benzene rings is 1. The van der Waals surface area contributed by atoms with E-state index in [-0.39, 0.29) is 30.3 Å². The molecule has 3 rings (SSSR count). The molecule has 2 aliphatic heterocycles. The normalized spacial score (nSPS) is 20.2. The van der Waals surface area contributed by atoms with Gasteiger partial charge in [-0.3, -0.25) is 14.4 Å². The maximum atomic E-state index is 12.7. The lowest BCUT2D eigenvalue weighted by molar-refractivity contribution is -0.129. The van der Waals surface area contributed by atoms with Crippen molar-refractivity contribution in [1.82, 2.24) is 9.80 Å². The fraction of sp³-hybridized carbons (Fsp3) is 0.471. The summed E-state index contributed by atoms with van der Waals surface area (Å²) in [5.74, 6) is -0.146. The molecule has 0 aliphatic carbocycles. The Morgan fingerprint density at radius 3 is 2.65 bits per heavy atom. The average Bonchev–Trinajstić information content (AvgIpc) is 3.04. The first-order valence-electron chi connectivity index (χ1n) is 7.85. The van der Waals surface area contributed by atoms with Crippen LogP contribution in [0.25, 0.3) is 0 Å². The van der Waals surface area contributed by atoms with Gasteiger partial charge in [0.05, 0.1) is 6.04 Å². The maximum Gasteiger partial charge on any atom is 0.255 e. The van der Waals surface area contributed by atoms with E-state index in [0.717, 1.165) is 17.7 Å². The molecule has 1 unspecified atom stereocenters. The molecule has 0 aromatic heterocycles. The van der Waals surface area contributed by atoms with Gasteiger partial charge in [-0.1, -0.05) is 6.07 Å². The summed E-state index contributed by atoms with van der Waals surface area (Å²) in [5.41, 5.74) is 2.28. The minimum absolute atomic E-state index is 0.0691. The molecule has 3 amide bonds. The number of likely N-dealkylation sites (N-methyl/N-ethyl adjacent to an activating group) is 1. The lowest BCUT2D eigenvalue weighted by Crippen LogP contribution is -2.38. The van der Waals surface area contributed by atoms with Gasteiger partial charge in [-0.2, -0.15) is 0 Å². The molecule has 122 valence electrons. The van der Waals surface area contributed by atoms with Crippen LogP contribution in [0, 0.1) is 0 Å². The van der Waals surface area contributed by atoms with Gasteiger partial charge in [-0.25, -0.2) is 0 Å². The van der Waals surface area contributed by atoms with Crippen molar-refractivity contribution in [3.05, 3.63) is 29.3 Å². The zero-order chi connectivity index (χ0) is 16.7. The van der Waals surface area contributed by atoms with Crippen LogP contribution in [0.3, 0.4) is 0 Å². The Bertz CT molecular complexity index is 684. The van der Waals surface area contributed by atoms with E-state index in [1.165, 1.54) is 4.90 Å². The summed E-state index contributed by atoms with van der Waals surface area (Å²) in [6.07, 6.45) is 1.41. The highest BCUT2D eigenvalue weighted by molar-refractivity contribution is 6.03. The second-order valence-corrected chi connectivity index (χ2v) is 6.32. The summed E-state index contributed by atoms with van der Waals surface area (Å²) in [4.78, 5) is 41.3. The van der Waals surface area contributed by atoms with Gasteiger partial charge in [-0.15, -0.1) is 0 Å². The number of hydrogen-bond acceptors (Lipinski definition) is 3. The fourth-order valence-corrected chi connectivity index (χ4v) is 3.18. The summed E-state index contributed by atoms with van der Waals surface area (Å²) < 4.78 is 0. The van der Waals surface area contributed by atoms with Crippen LogP contribution in [-0.4, -0.2) is 54.7 Å². The van der Waals surface area contributed by atoms with Crippen LogP contribution in [0.1, 0.15) is 41.7 Å². The van der Waals surface area contributed by atoms with E-state index >= 15 is 0 Å². The highest BCUT2D eigenvalue weighted by Gasteiger charge is 2.36. The van der Waals surface area contributed by atoms with E-state index in [2.05, 4.69) is 0 Å². The molecular formula is C17H21N3O3. The van der Waals surface area contributed by atoms with E-state index in [1.54, 1.807) is 30.0 Å². The number of nitrogens with zero attached hydrogens (tertiary/aromatic N) is 3. The molecule has 2 aliphatic rings. The Morgan fingerprint density at radius 1 is 1.30 bits per heavy atom. The van der Waals surface area contributed by atoms with Gasteiger partial charge in [0.1, 0.15) is 6.54 Å². The largest absolute Gasteiger partial charge is 0.347 e. The van der Waals surface area contributed by atoms with E-state index in [4.69, 9.17) is 0 Å². The maximum absolute atomic E-state index is 12.7. The van der Waals surface area contributed by atoms with Gasteiger partial charge in [0.25, 0.3) is 5.91 Å². The van der Waals surface area contributed by atoms with E-state index in [1.807, 2.05) is 19.1 Å². The van der Waals surface area contributed by atoms with Crippen molar-refractivity contribution in [2.75, 3.05) is 32.1 Å². The van der Waals surface area contributed by atoms with Crippen LogP contribution in [0.2, 0.25) is 0 Å². The Kier molecular flexibility index (Phi) is 3.83. The summed E-state index contributed by atoms with van der Waals surface area (Å²) in [7, 11) is 3.36. The summed E-state index contributed by atoms with van der Waals surface area (Å²) in [5, 5.41) is 0. The summed E-state index contributed by atoms with van der Waals surface area (Å²) in [6, 6.07) is 5.45. The van der Waals surface area contributed by atoms with Crippen molar-refractivity contribution in [3.8, 4) is 0 Å². The molecular weight excluding hydrogens is 294 g/mol. The minimum Gasteiger partial charge on any atom is -0.347 e. The minimum atomic E-state index is -0.142. The topological polar surface area (TPSA) is 60.9 Å². The number of carbonyl (C=O) groups is 3. The molecule has 1 aromatic carbocycles. The van der Waals surface area contributed by atoms with Crippen LogP contribution in [-0.2, 0) is 9.59 Å². The summed E-state index contributed by atoms with van der Waals surface area (Å²) in [6.45, 7) is 2.69. The Balaban J connectivity index is 1.88. The molecule has 6 nitrogen and oxygen atoms in total. The molecule has 0 radical (unpaired) electrons. The number of anilines is 1. The average molecular weight is 315 g/mol. The van der Waals surface area contributed by atoms with E-state index in [9.17, 15) is 14.4 Å². The predicted molar refractivity (Wildman–Crippen MR) is 86.2 cm³/mol. The lowest BCUT2D eigenvalue weighted by Gasteiger charge is -2.23. The SMILES string of the molecule is CC1c2ccc(N3CCCC3=O)cc2C(=O)N1CC(=O)N(C)C. The van der Waals surface area contributed by atoms with Crippen LogP contribution in [0.15, 0.2) is 18.2 Å². The monoisotopic (exact) mass is 315 g/mol. The van der Waals surface area contributed by atoms with Crippen molar-refractivity contribution >= 4 is 23.4 Å². The first-order chi connectivity index (χ1) is 10.9. The second kappa shape index (κ2) is 5.68. The number of fused-ring (bicyclic) bond motifs is 1. The van der Waals surface area contributed by atoms with Gasteiger partial charge in [0.15, 0.2) is 0 Å². The molecule has 1 aromatic rings. The molecule has 0 spiro atoms. The third-order valence-corrected chi connectivity index (χ3v) is 4.64. The standard InChI is InChI=1S/C17H21N3O3/c1-11-13-7-6-12(19-8-4-5-15(19)21)9-14(13)17(23)20(11)10-16(22)18(2)3/h6-7,9,11H,4-5,8,10H2,1-3H3.